The average molecular weight is 343 g/mol. The predicted octanol–water partition coefficient (Wildman–Crippen LogP) is 3.10. The predicted molar refractivity (Wildman–Crippen MR) is 94.8 cm³/mol. The summed E-state index contributed by atoms with van der Waals surface area (Å²) in [5.74, 6) is -0.457. The maximum Gasteiger partial charge on any atom is 0.328 e. The number of amides is 1. The summed E-state index contributed by atoms with van der Waals surface area (Å²) in [5.41, 5.74) is 7.54. The Morgan fingerprint density at radius 3 is 2.35 bits per heavy atom. The van der Waals surface area contributed by atoms with Crippen LogP contribution in [0.15, 0.2) is 18.2 Å². The summed E-state index contributed by atoms with van der Waals surface area (Å²) in [6.07, 6.45) is 0.312. The van der Waals surface area contributed by atoms with Gasteiger partial charge in [-0.15, -0.1) is 12.4 Å². The van der Waals surface area contributed by atoms with Crippen molar-refractivity contribution in [1.82, 2.24) is 5.32 Å². The topological polar surface area (TPSA) is 81.4 Å². The first-order chi connectivity index (χ1) is 10.2. The molecule has 1 rings (SSSR count). The van der Waals surface area contributed by atoms with Gasteiger partial charge < -0.3 is 15.8 Å². The SMILES string of the molecule is Cc1ccc(N)cc1C(=O)N[C@@H](CC(C)C)C(=O)OC(C)C.Cl. The van der Waals surface area contributed by atoms with Crippen molar-refractivity contribution in [2.75, 3.05) is 5.73 Å². The van der Waals surface area contributed by atoms with Crippen LogP contribution in [0.5, 0.6) is 0 Å². The van der Waals surface area contributed by atoms with E-state index < -0.39 is 12.0 Å². The van der Waals surface area contributed by atoms with Crippen LogP contribution < -0.4 is 11.1 Å². The van der Waals surface area contributed by atoms with Crippen LogP contribution in [-0.4, -0.2) is 24.0 Å². The molecule has 0 aliphatic carbocycles. The fourth-order valence-electron chi connectivity index (χ4n) is 2.12. The Kier molecular flexibility index (Phi) is 8.69. The van der Waals surface area contributed by atoms with E-state index in [1.807, 2.05) is 20.8 Å². The highest BCUT2D eigenvalue weighted by atomic mass is 35.5. The summed E-state index contributed by atoms with van der Waals surface area (Å²) in [6, 6.07) is 4.49. The highest BCUT2D eigenvalue weighted by molar-refractivity contribution is 5.98. The number of benzene rings is 1. The van der Waals surface area contributed by atoms with E-state index in [9.17, 15) is 9.59 Å². The van der Waals surface area contributed by atoms with Crippen molar-refractivity contribution >= 4 is 30.0 Å². The highest BCUT2D eigenvalue weighted by Gasteiger charge is 2.25. The summed E-state index contributed by atoms with van der Waals surface area (Å²) in [7, 11) is 0. The van der Waals surface area contributed by atoms with Gasteiger partial charge in [0, 0.05) is 11.3 Å². The molecule has 0 bridgehead atoms. The number of hydrogen-bond acceptors (Lipinski definition) is 4. The average Bonchev–Trinajstić information content (AvgIpc) is 2.39. The minimum absolute atomic E-state index is 0. The number of nitrogens with one attached hydrogen (secondary N) is 1. The van der Waals surface area contributed by atoms with E-state index in [0.717, 1.165) is 5.56 Å². The minimum Gasteiger partial charge on any atom is -0.461 e. The van der Waals surface area contributed by atoms with Gasteiger partial charge in [-0.1, -0.05) is 19.9 Å². The Balaban J connectivity index is 0.00000484. The standard InChI is InChI=1S/C17H26N2O3.ClH/c1-10(2)8-15(17(21)22-11(3)4)19-16(20)14-9-13(18)7-6-12(14)5;/h6-7,9-11,15H,8,18H2,1-5H3,(H,19,20);1H/t15-;/m0./s1. The van der Waals surface area contributed by atoms with Gasteiger partial charge in [0.25, 0.3) is 5.91 Å². The maximum atomic E-state index is 12.4. The molecule has 0 unspecified atom stereocenters. The summed E-state index contributed by atoms with van der Waals surface area (Å²) in [4.78, 5) is 24.6. The quantitative estimate of drug-likeness (QED) is 0.614. The van der Waals surface area contributed by atoms with E-state index in [0.29, 0.717) is 17.7 Å². The molecule has 130 valence electrons. The molecule has 1 amide bonds. The molecule has 0 aromatic heterocycles. The van der Waals surface area contributed by atoms with E-state index in [-0.39, 0.29) is 30.3 Å². The number of carbonyl (C=O) groups is 2. The zero-order valence-electron chi connectivity index (χ0n) is 14.4. The Morgan fingerprint density at radius 2 is 1.83 bits per heavy atom. The van der Waals surface area contributed by atoms with Crippen LogP contribution in [0, 0.1) is 12.8 Å². The fourth-order valence-corrected chi connectivity index (χ4v) is 2.12. The van der Waals surface area contributed by atoms with Crippen molar-refractivity contribution in [3.05, 3.63) is 29.3 Å². The largest absolute Gasteiger partial charge is 0.461 e. The molecule has 1 aromatic carbocycles. The van der Waals surface area contributed by atoms with Crippen LogP contribution in [0.25, 0.3) is 0 Å². The number of esters is 1. The van der Waals surface area contributed by atoms with Crippen molar-refractivity contribution in [2.24, 2.45) is 5.92 Å². The Hall–Kier alpha value is -1.75. The number of carbonyl (C=O) groups excluding carboxylic acids is 2. The number of anilines is 1. The molecule has 0 heterocycles. The molecule has 23 heavy (non-hydrogen) atoms. The summed E-state index contributed by atoms with van der Waals surface area (Å²) in [6.45, 7) is 9.39. The van der Waals surface area contributed by atoms with Gasteiger partial charge >= 0.3 is 5.97 Å². The first-order valence-corrected chi connectivity index (χ1v) is 7.58. The second-order valence-corrected chi connectivity index (χ2v) is 6.22. The lowest BCUT2D eigenvalue weighted by atomic mass is 10.0. The van der Waals surface area contributed by atoms with Gasteiger partial charge in [0.2, 0.25) is 0 Å². The zero-order valence-corrected chi connectivity index (χ0v) is 15.2. The molecule has 0 fully saturated rings. The molecule has 0 aliphatic rings. The van der Waals surface area contributed by atoms with Crippen molar-refractivity contribution in [2.45, 2.75) is 53.2 Å². The van der Waals surface area contributed by atoms with E-state index in [4.69, 9.17) is 10.5 Å². The molecule has 0 saturated heterocycles. The number of halogens is 1. The molecule has 0 saturated carbocycles. The molecular weight excluding hydrogens is 316 g/mol. The molecule has 1 aromatic rings. The monoisotopic (exact) mass is 342 g/mol. The van der Waals surface area contributed by atoms with Crippen LogP contribution in [0.1, 0.15) is 50.0 Å². The summed E-state index contributed by atoms with van der Waals surface area (Å²) >= 11 is 0. The van der Waals surface area contributed by atoms with E-state index >= 15 is 0 Å². The van der Waals surface area contributed by atoms with Crippen LogP contribution in [0.4, 0.5) is 5.69 Å². The second-order valence-electron chi connectivity index (χ2n) is 6.22. The fraction of sp³-hybridized carbons (Fsp3) is 0.529. The van der Waals surface area contributed by atoms with Crippen molar-refractivity contribution in [1.29, 1.82) is 0 Å². The van der Waals surface area contributed by atoms with Crippen LogP contribution in [0.3, 0.4) is 0 Å². The number of hydrogen-bond donors (Lipinski definition) is 2. The molecule has 0 aliphatic heterocycles. The third kappa shape index (κ3) is 6.91. The first-order valence-electron chi connectivity index (χ1n) is 7.58. The lowest BCUT2D eigenvalue weighted by Gasteiger charge is -2.21. The Bertz CT molecular complexity index is 545. The zero-order chi connectivity index (χ0) is 16.9. The summed E-state index contributed by atoms with van der Waals surface area (Å²) < 4.78 is 5.23. The maximum absolute atomic E-state index is 12.4. The number of ether oxygens (including phenoxy) is 1. The van der Waals surface area contributed by atoms with Crippen LogP contribution in [0.2, 0.25) is 0 Å². The van der Waals surface area contributed by atoms with E-state index in [2.05, 4.69) is 5.32 Å². The molecule has 3 N–H and O–H groups in total. The van der Waals surface area contributed by atoms with Gasteiger partial charge in [0.15, 0.2) is 0 Å². The molecular formula is C17H27ClN2O3. The molecule has 0 spiro atoms. The second kappa shape index (κ2) is 9.40. The smallest absolute Gasteiger partial charge is 0.328 e. The molecule has 0 radical (unpaired) electrons. The lowest BCUT2D eigenvalue weighted by Crippen LogP contribution is -2.43. The number of rotatable bonds is 6. The van der Waals surface area contributed by atoms with Gasteiger partial charge in [-0.2, -0.15) is 0 Å². The number of nitrogens with two attached hydrogens (primary N) is 1. The minimum atomic E-state index is -0.657. The first kappa shape index (κ1) is 21.2. The van der Waals surface area contributed by atoms with E-state index in [1.54, 1.807) is 32.0 Å². The number of nitrogen functional groups attached to an aromatic ring is 1. The Morgan fingerprint density at radius 1 is 1.22 bits per heavy atom. The summed E-state index contributed by atoms with van der Waals surface area (Å²) in [5, 5.41) is 2.77. The van der Waals surface area contributed by atoms with Crippen LogP contribution >= 0.6 is 12.4 Å². The third-order valence-corrected chi connectivity index (χ3v) is 3.16. The number of aryl methyl sites for hydroxylation is 1. The third-order valence-electron chi connectivity index (χ3n) is 3.16. The molecule has 1 atom stereocenters. The van der Waals surface area contributed by atoms with Gasteiger partial charge in [0.05, 0.1) is 6.10 Å². The normalized spacial score (nSPS) is 11.8. The highest BCUT2D eigenvalue weighted by Crippen LogP contribution is 2.14. The van der Waals surface area contributed by atoms with Gasteiger partial charge in [0.1, 0.15) is 6.04 Å². The van der Waals surface area contributed by atoms with Gasteiger partial charge in [-0.3, -0.25) is 4.79 Å². The lowest BCUT2D eigenvalue weighted by molar-refractivity contribution is -0.150. The molecule has 5 nitrogen and oxygen atoms in total. The molecule has 6 heteroatoms. The van der Waals surface area contributed by atoms with Crippen LogP contribution in [-0.2, 0) is 9.53 Å². The van der Waals surface area contributed by atoms with Gasteiger partial charge in [-0.25, -0.2) is 4.79 Å². The van der Waals surface area contributed by atoms with Crippen molar-refractivity contribution < 1.29 is 14.3 Å². The van der Waals surface area contributed by atoms with E-state index in [1.165, 1.54) is 0 Å². The van der Waals surface area contributed by atoms with Crippen molar-refractivity contribution in [3.63, 3.8) is 0 Å². The van der Waals surface area contributed by atoms with Crippen molar-refractivity contribution in [3.8, 4) is 0 Å². The Labute approximate surface area is 144 Å². The van der Waals surface area contributed by atoms with Gasteiger partial charge in [-0.05, 0) is 50.8 Å².